The normalized spacial score (nSPS) is 10.2. The largest absolute Gasteiger partial charge is 0.389 e. The van der Waals surface area contributed by atoms with Crippen molar-refractivity contribution in [3.05, 3.63) is 63.6 Å². The number of carbonyl (C=O) groups excluding carboxylic acids is 1. The molecule has 3 nitrogen and oxygen atoms in total. The lowest BCUT2D eigenvalue weighted by molar-refractivity contribution is 0.102. The number of hydrogen-bond acceptors (Lipinski definition) is 2. The molecule has 0 atom stereocenters. The second-order valence-electron chi connectivity index (χ2n) is 4.17. The lowest BCUT2D eigenvalue weighted by atomic mass is 10.1. The smallest absolute Gasteiger partial charge is 0.255 e. The molecule has 0 heterocycles. The van der Waals surface area contributed by atoms with E-state index in [0.29, 0.717) is 17.3 Å². The van der Waals surface area contributed by atoms with Gasteiger partial charge in [0.25, 0.3) is 5.91 Å². The van der Waals surface area contributed by atoms with E-state index in [1.807, 2.05) is 0 Å². The van der Waals surface area contributed by atoms with Gasteiger partial charge >= 0.3 is 0 Å². The van der Waals surface area contributed by atoms with E-state index in [4.69, 9.17) is 18.0 Å². The Labute approximate surface area is 133 Å². The molecule has 1 amide bonds. The van der Waals surface area contributed by atoms with E-state index in [0.717, 1.165) is 16.6 Å². The number of anilines is 1. The minimum Gasteiger partial charge on any atom is -0.389 e. The fourth-order valence-electron chi connectivity index (χ4n) is 1.71. The maximum Gasteiger partial charge on any atom is 0.255 e. The summed E-state index contributed by atoms with van der Waals surface area (Å²) in [5.41, 5.74) is 6.26. The van der Waals surface area contributed by atoms with Crippen molar-refractivity contribution in [2.75, 3.05) is 5.32 Å². The molecule has 0 unspecified atom stereocenters. The van der Waals surface area contributed by atoms with Crippen molar-refractivity contribution < 1.29 is 13.6 Å². The van der Waals surface area contributed by atoms with E-state index in [1.54, 1.807) is 18.2 Å². The molecule has 7 heteroatoms. The van der Waals surface area contributed by atoms with Crippen molar-refractivity contribution in [3.8, 4) is 0 Å². The minimum atomic E-state index is -0.828. The third-order valence-electron chi connectivity index (χ3n) is 2.62. The molecule has 3 N–H and O–H groups in total. The Kier molecular flexibility index (Phi) is 4.64. The summed E-state index contributed by atoms with van der Waals surface area (Å²) in [7, 11) is 0. The van der Waals surface area contributed by atoms with Gasteiger partial charge in [0.15, 0.2) is 0 Å². The van der Waals surface area contributed by atoms with Crippen molar-refractivity contribution in [2.45, 2.75) is 0 Å². The number of amides is 1. The number of rotatable bonds is 3. The van der Waals surface area contributed by atoms with Crippen LogP contribution in [0.25, 0.3) is 0 Å². The maximum atomic E-state index is 13.1. The van der Waals surface area contributed by atoms with Gasteiger partial charge in [-0.2, -0.15) is 0 Å². The molecule has 0 aromatic heterocycles. The average molecular weight is 371 g/mol. The molecule has 2 aromatic carbocycles. The first-order valence-electron chi connectivity index (χ1n) is 5.73. The van der Waals surface area contributed by atoms with Crippen LogP contribution in [0.3, 0.4) is 0 Å². The van der Waals surface area contributed by atoms with Gasteiger partial charge in [-0.05, 0) is 30.3 Å². The van der Waals surface area contributed by atoms with Gasteiger partial charge in [-0.25, -0.2) is 8.78 Å². The van der Waals surface area contributed by atoms with Crippen LogP contribution in [0.4, 0.5) is 14.5 Å². The molecule has 2 aromatic rings. The predicted octanol–water partition coefficient (Wildman–Crippen LogP) is 3.61. The Morgan fingerprint density at radius 1 is 1.14 bits per heavy atom. The lowest BCUT2D eigenvalue weighted by Gasteiger charge is -2.11. The van der Waals surface area contributed by atoms with E-state index in [1.165, 1.54) is 0 Å². The van der Waals surface area contributed by atoms with Gasteiger partial charge in [0.2, 0.25) is 0 Å². The molecule has 0 aliphatic carbocycles. The second-order valence-corrected chi connectivity index (χ2v) is 5.52. The fourth-order valence-corrected chi connectivity index (χ4v) is 2.24. The average Bonchev–Trinajstić information content (AvgIpc) is 2.39. The van der Waals surface area contributed by atoms with E-state index in [-0.39, 0.29) is 10.6 Å². The molecule has 21 heavy (non-hydrogen) atoms. The summed E-state index contributed by atoms with van der Waals surface area (Å²) in [6, 6.07) is 7.49. The molecule has 0 saturated carbocycles. The molecular weight excluding hydrogens is 362 g/mol. The Morgan fingerprint density at radius 2 is 1.76 bits per heavy atom. The van der Waals surface area contributed by atoms with Gasteiger partial charge in [-0.3, -0.25) is 4.79 Å². The quantitative estimate of drug-likeness (QED) is 0.811. The number of thiocarbonyl (C=S) groups is 1. The predicted molar refractivity (Wildman–Crippen MR) is 84.3 cm³/mol. The topological polar surface area (TPSA) is 55.1 Å². The number of benzene rings is 2. The molecule has 0 bridgehead atoms. The molecule has 2 rings (SSSR count). The Morgan fingerprint density at radius 3 is 2.33 bits per heavy atom. The first-order valence-corrected chi connectivity index (χ1v) is 6.94. The van der Waals surface area contributed by atoms with E-state index < -0.39 is 17.5 Å². The lowest BCUT2D eigenvalue weighted by Crippen LogP contribution is -2.18. The minimum absolute atomic E-state index is 0.0945. The van der Waals surface area contributed by atoms with Gasteiger partial charge in [0.05, 0.1) is 5.69 Å². The van der Waals surface area contributed by atoms with Crippen LogP contribution in [0.2, 0.25) is 0 Å². The van der Waals surface area contributed by atoms with Crippen molar-refractivity contribution in [1.82, 2.24) is 0 Å². The molecular formula is C14H9BrF2N2OS. The van der Waals surface area contributed by atoms with Crippen LogP contribution in [0.15, 0.2) is 40.9 Å². The highest BCUT2D eigenvalue weighted by atomic mass is 79.9. The summed E-state index contributed by atoms with van der Waals surface area (Å²) < 4.78 is 27.0. The van der Waals surface area contributed by atoms with Crippen LogP contribution in [0.1, 0.15) is 15.9 Å². The number of halogens is 3. The first-order chi connectivity index (χ1) is 9.86. The van der Waals surface area contributed by atoms with Crippen LogP contribution in [-0.4, -0.2) is 10.9 Å². The van der Waals surface area contributed by atoms with Crippen molar-refractivity contribution in [2.24, 2.45) is 5.73 Å². The summed E-state index contributed by atoms with van der Waals surface area (Å²) in [6.45, 7) is 0. The zero-order valence-electron chi connectivity index (χ0n) is 10.5. The van der Waals surface area contributed by atoms with Crippen LogP contribution in [0, 0.1) is 11.6 Å². The number of hydrogen-bond donors (Lipinski definition) is 2. The van der Waals surface area contributed by atoms with Crippen LogP contribution in [-0.2, 0) is 0 Å². The third-order valence-corrected chi connectivity index (χ3v) is 3.33. The molecule has 0 radical (unpaired) electrons. The van der Waals surface area contributed by atoms with Crippen LogP contribution >= 0.6 is 28.1 Å². The second kappa shape index (κ2) is 6.28. The number of carbonyl (C=O) groups is 1. The number of nitrogens with two attached hydrogens (primary N) is 1. The molecule has 0 aliphatic heterocycles. The zero-order valence-corrected chi connectivity index (χ0v) is 12.9. The molecule has 0 spiro atoms. The summed E-state index contributed by atoms with van der Waals surface area (Å²) in [5, 5.41) is 2.53. The van der Waals surface area contributed by atoms with E-state index in [9.17, 15) is 13.6 Å². The van der Waals surface area contributed by atoms with E-state index in [2.05, 4.69) is 21.2 Å². The summed E-state index contributed by atoms with van der Waals surface area (Å²) in [4.78, 5) is 12.1. The van der Waals surface area contributed by atoms with Crippen molar-refractivity contribution in [1.29, 1.82) is 0 Å². The Balaban J connectivity index is 2.33. The van der Waals surface area contributed by atoms with Gasteiger partial charge in [-0.15, -0.1) is 0 Å². The van der Waals surface area contributed by atoms with Crippen molar-refractivity contribution in [3.63, 3.8) is 0 Å². The highest BCUT2D eigenvalue weighted by molar-refractivity contribution is 9.10. The molecule has 0 aliphatic rings. The SMILES string of the molecule is NC(=S)c1cc(Br)ccc1NC(=O)c1cc(F)cc(F)c1. The van der Waals surface area contributed by atoms with Gasteiger partial charge in [-0.1, -0.05) is 28.1 Å². The maximum absolute atomic E-state index is 13.1. The highest BCUT2D eigenvalue weighted by Gasteiger charge is 2.13. The fraction of sp³-hybridized carbons (Fsp3) is 0. The Hall–Kier alpha value is -1.86. The molecule has 0 saturated heterocycles. The summed E-state index contributed by atoms with van der Waals surface area (Å²) in [6.07, 6.45) is 0. The highest BCUT2D eigenvalue weighted by Crippen LogP contribution is 2.22. The Bertz CT molecular complexity index is 717. The number of nitrogens with one attached hydrogen (secondary N) is 1. The van der Waals surface area contributed by atoms with Crippen LogP contribution < -0.4 is 11.1 Å². The van der Waals surface area contributed by atoms with Gasteiger partial charge in [0.1, 0.15) is 16.6 Å². The zero-order chi connectivity index (χ0) is 15.6. The van der Waals surface area contributed by atoms with Crippen LogP contribution in [0.5, 0.6) is 0 Å². The standard InChI is InChI=1S/C14H9BrF2N2OS/c15-8-1-2-12(11(5-8)13(18)21)19-14(20)7-3-9(16)6-10(17)4-7/h1-6H,(H2,18,21)(H,19,20). The molecule has 0 fully saturated rings. The van der Waals surface area contributed by atoms with Crippen molar-refractivity contribution >= 4 is 44.7 Å². The van der Waals surface area contributed by atoms with Gasteiger partial charge < -0.3 is 11.1 Å². The summed E-state index contributed by atoms with van der Waals surface area (Å²) in [5.74, 6) is -2.32. The third kappa shape index (κ3) is 3.83. The first kappa shape index (κ1) is 15.5. The van der Waals surface area contributed by atoms with E-state index >= 15 is 0 Å². The molecule has 108 valence electrons. The monoisotopic (exact) mass is 370 g/mol. The van der Waals surface area contributed by atoms with Gasteiger partial charge in [0, 0.05) is 21.7 Å². The summed E-state index contributed by atoms with van der Waals surface area (Å²) >= 11 is 8.17.